The summed E-state index contributed by atoms with van der Waals surface area (Å²) < 4.78 is 0. The molecule has 2 aromatic carbocycles. The van der Waals surface area contributed by atoms with E-state index in [4.69, 9.17) is 0 Å². The molecule has 5 nitrogen and oxygen atoms in total. The van der Waals surface area contributed by atoms with Crippen LogP contribution in [0.1, 0.15) is 49.1 Å². The Hall–Kier alpha value is -2.82. The number of rotatable bonds is 5. The van der Waals surface area contributed by atoms with E-state index in [0.29, 0.717) is 23.7 Å². The lowest BCUT2D eigenvalue weighted by Gasteiger charge is -2.36. The highest BCUT2D eigenvalue weighted by atomic mass is 16.2. The first-order chi connectivity index (χ1) is 16.1. The molecule has 2 aliphatic carbocycles. The highest BCUT2D eigenvalue weighted by Crippen LogP contribution is 2.50. The number of carbonyl (C=O) groups is 2. The van der Waals surface area contributed by atoms with Gasteiger partial charge < -0.3 is 14.7 Å². The first kappa shape index (κ1) is 20.8. The SMILES string of the molecule is O=C(C1CC1)N1CCN(c2ccc(C3(C(=O)N4CCC(c5ccccc5)C4)CC3)cc2)CC1. The van der Waals surface area contributed by atoms with Crippen molar-refractivity contribution in [3.05, 3.63) is 65.7 Å². The van der Waals surface area contributed by atoms with Crippen molar-refractivity contribution in [1.82, 2.24) is 9.80 Å². The summed E-state index contributed by atoms with van der Waals surface area (Å²) in [6.07, 6.45) is 5.12. The van der Waals surface area contributed by atoms with E-state index >= 15 is 0 Å². The van der Waals surface area contributed by atoms with Gasteiger partial charge >= 0.3 is 0 Å². The van der Waals surface area contributed by atoms with Crippen LogP contribution in [0, 0.1) is 5.92 Å². The van der Waals surface area contributed by atoms with Crippen LogP contribution >= 0.6 is 0 Å². The lowest BCUT2D eigenvalue weighted by Crippen LogP contribution is -2.49. The molecule has 0 aromatic heterocycles. The van der Waals surface area contributed by atoms with Gasteiger partial charge in [0.15, 0.2) is 0 Å². The predicted octanol–water partition coefficient (Wildman–Crippen LogP) is 3.79. The minimum absolute atomic E-state index is 0.306. The molecule has 2 heterocycles. The number of likely N-dealkylation sites (tertiary alicyclic amines) is 1. The highest BCUT2D eigenvalue weighted by molar-refractivity contribution is 5.91. The van der Waals surface area contributed by atoms with Gasteiger partial charge in [0, 0.05) is 56.8 Å². The molecule has 2 aromatic rings. The Morgan fingerprint density at radius 1 is 0.758 bits per heavy atom. The summed E-state index contributed by atoms with van der Waals surface area (Å²) in [7, 11) is 0. The van der Waals surface area contributed by atoms with E-state index in [9.17, 15) is 9.59 Å². The fourth-order valence-electron chi connectivity index (χ4n) is 5.76. The summed E-state index contributed by atoms with van der Waals surface area (Å²) in [4.78, 5) is 32.4. The molecule has 2 aliphatic heterocycles. The van der Waals surface area contributed by atoms with Crippen molar-refractivity contribution in [2.75, 3.05) is 44.2 Å². The zero-order chi connectivity index (χ0) is 22.4. The molecule has 2 amide bonds. The monoisotopic (exact) mass is 443 g/mol. The third-order valence-electron chi connectivity index (χ3n) is 8.21. The van der Waals surface area contributed by atoms with Crippen molar-refractivity contribution in [2.24, 2.45) is 5.92 Å². The molecular formula is C28H33N3O2. The molecule has 6 rings (SSSR count). The molecule has 5 heteroatoms. The summed E-state index contributed by atoms with van der Waals surface area (Å²) >= 11 is 0. The molecule has 0 radical (unpaired) electrons. The van der Waals surface area contributed by atoms with Gasteiger partial charge in [0.1, 0.15) is 0 Å². The quantitative estimate of drug-likeness (QED) is 0.706. The maximum absolute atomic E-state index is 13.5. The van der Waals surface area contributed by atoms with Crippen LogP contribution < -0.4 is 4.90 Å². The van der Waals surface area contributed by atoms with Gasteiger partial charge in [-0.25, -0.2) is 0 Å². The second-order valence-corrected chi connectivity index (χ2v) is 10.4. The Kier molecular flexibility index (Phi) is 5.16. The number of amides is 2. The first-order valence-corrected chi connectivity index (χ1v) is 12.6. The van der Waals surface area contributed by atoms with E-state index < -0.39 is 0 Å². The van der Waals surface area contributed by atoms with Crippen LogP contribution in [0.3, 0.4) is 0 Å². The van der Waals surface area contributed by atoms with E-state index in [1.54, 1.807) is 0 Å². The maximum atomic E-state index is 13.5. The van der Waals surface area contributed by atoms with Crippen LogP contribution in [-0.2, 0) is 15.0 Å². The van der Waals surface area contributed by atoms with Crippen molar-refractivity contribution in [1.29, 1.82) is 0 Å². The summed E-state index contributed by atoms with van der Waals surface area (Å²) in [5.41, 5.74) is 3.41. The van der Waals surface area contributed by atoms with Crippen LogP contribution in [0.2, 0.25) is 0 Å². The van der Waals surface area contributed by atoms with Crippen molar-refractivity contribution in [3.63, 3.8) is 0 Å². The fraction of sp³-hybridized carbons (Fsp3) is 0.500. The van der Waals surface area contributed by atoms with Crippen LogP contribution in [0.25, 0.3) is 0 Å². The lowest BCUT2D eigenvalue weighted by atomic mass is 9.93. The number of carbonyl (C=O) groups excluding carboxylic acids is 2. The Labute approximate surface area is 196 Å². The molecule has 4 fully saturated rings. The van der Waals surface area contributed by atoms with Crippen molar-refractivity contribution < 1.29 is 9.59 Å². The Balaban J connectivity index is 1.09. The average Bonchev–Trinajstić information content (AvgIpc) is 3.81. The van der Waals surface area contributed by atoms with Gasteiger partial charge in [-0.05, 0) is 55.4 Å². The molecule has 1 atom stereocenters. The maximum Gasteiger partial charge on any atom is 0.233 e. The highest BCUT2D eigenvalue weighted by Gasteiger charge is 2.53. The van der Waals surface area contributed by atoms with E-state index in [0.717, 1.165) is 71.4 Å². The number of anilines is 1. The fourth-order valence-corrected chi connectivity index (χ4v) is 5.76. The second kappa shape index (κ2) is 8.19. The zero-order valence-corrected chi connectivity index (χ0v) is 19.3. The van der Waals surface area contributed by atoms with Crippen molar-refractivity contribution in [2.45, 2.75) is 43.4 Å². The second-order valence-electron chi connectivity index (χ2n) is 10.4. The Morgan fingerprint density at radius 2 is 1.45 bits per heavy atom. The molecule has 0 spiro atoms. The number of hydrogen-bond donors (Lipinski definition) is 0. The summed E-state index contributed by atoms with van der Waals surface area (Å²) in [5, 5.41) is 0. The van der Waals surface area contributed by atoms with Crippen LogP contribution in [0.4, 0.5) is 5.69 Å². The van der Waals surface area contributed by atoms with Gasteiger partial charge in [-0.15, -0.1) is 0 Å². The third-order valence-corrected chi connectivity index (χ3v) is 8.21. The van der Waals surface area contributed by atoms with E-state index in [-0.39, 0.29) is 5.41 Å². The molecule has 2 saturated heterocycles. The predicted molar refractivity (Wildman–Crippen MR) is 129 cm³/mol. The normalized spacial score (nSPS) is 24.1. The third kappa shape index (κ3) is 3.92. The number of piperazine rings is 1. The van der Waals surface area contributed by atoms with E-state index in [2.05, 4.69) is 64.4 Å². The average molecular weight is 444 g/mol. The van der Waals surface area contributed by atoms with Crippen LogP contribution in [0.5, 0.6) is 0 Å². The minimum atomic E-state index is -0.306. The molecule has 0 N–H and O–H groups in total. The zero-order valence-electron chi connectivity index (χ0n) is 19.3. The summed E-state index contributed by atoms with van der Waals surface area (Å²) in [5.74, 6) is 1.44. The molecular weight excluding hydrogens is 410 g/mol. The van der Waals surface area contributed by atoms with E-state index in [1.165, 1.54) is 16.8 Å². The summed E-state index contributed by atoms with van der Waals surface area (Å²) in [6, 6.07) is 19.3. The number of benzene rings is 2. The van der Waals surface area contributed by atoms with Gasteiger partial charge in [-0.2, -0.15) is 0 Å². The standard InChI is InChI=1S/C28H33N3O2/c32-26(22-6-7-22)30-18-16-29(17-19-30)25-10-8-24(9-11-25)28(13-14-28)27(33)31-15-12-23(20-31)21-4-2-1-3-5-21/h1-5,8-11,22-23H,6-7,12-20H2. The molecule has 172 valence electrons. The topological polar surface area (TPSA) is 43.9 Å². The van der Waals surface area contributed by atoms with E-state index in [1.807, 2.05) is 4.90 Å². The smallest absolute Gasteiger partial charge is 0.233 e. The Bertz CT molecular complexity index is 1020. The first-order valence-electron chi connectivity index (χ1n) is 12.6. The summed E-state index contributed by atoms with van der Waals surface area (Å²) in [6.45, 7) is 5.11. The van der Waals surface area contributed by atoms with Crippen molar-refractivity contribution >= 4 is 17.5 Å². The van der Waals surface area contributed by atoms with Gasteiger partial charge in [0.2, 0.25) is 11.8 Å². The van der Waals surface area contributed by atoms with Crippen LogP contribution in [0.15, 0.2) is 54.6 Å². The molecule has 1 unspecified atom stereocenters. The van der Waals surface area contributed by atoms with Gasteiger partial charge in [-0.3, -0.25) is 9.59 Å². The number of hydrogen-bond acceptors (Lipinski definition) is 3. The van der Waals surface area contributed by atoms with Crippen molar-refractivity contribution in [3.8, 4) is 0 Å². The molecule has 0 bridgehead atoms. The molecule has 4 aliphatic rings. The number of nitrogens with zero attached hydrogens (tertiary/aromatic N) is 3. The van der Waals surface area contributed by atoms with Crippen LogP contribution in [-0.4, -0.2) is 60.9 Å². The van der Waals surface area contributed by atoms with Gasteiger partial charge in [0.25, 0.3) is 0 Å². The van der Waals surface area contributed by atoms with Gasteiger partial charge in [-0.1, -0.05) is 42.5 Å². The molecule has 33 heavy (non-hydrogen) atoms. The Morgan fingerprint density at radius 3 is 2.09 bits per heavy atom. The molecule has 2 saturated carbocycles. The lowest BCUT2D eigenvalue weighted by molar-refractivity contribution is -0.133. The van der Waals surface area contributed by atoms with Gasteiger partial charge in [0.05, 0.1) is 5.41 Å². The largest absolute Gasteiger partial charge is 0.368 e. The minimum Gasteiger partial charge on any atom is -0.368 e.